The Bertz CT molecular complexity index is 535. The minimum absolute atomic E-state index is 0.0468. The first-order chi connectivity index (χ1) is 8.76. The zero-order valence-electron chi connectivity index (χ0n) is 10.3. The summed E-state index contributed by atoms with van der Waals surface area (Å²) in [5.74, 6) is -0.207. The Balaban J connectivity index is 1.92. The fraction of sp³-hybridized carbons (Fsp3) is 0.250. The molecule has 1 nitrogen and oxygen atoms in total. The van der Waals surface area contributed by atoms with Gasteiger partial charge in [-0.25, -0.2) is 4.39 Å². The molecule has 1 fully saturated rings. The lowest BCUT2D eigenvalue weighted by molar-refractivity contribution is 0.290. The van der Waals surface area contributed by atoms with Crippen LogP contribution in [0.5, 0.6) is 0 Å². The van der Waals surface area contributed by atoms with Crippen LogP contribution in [0.15, 0.2) is 54.6 Å². The lowest BCUT2D eigenvalue weighted by Crippen LogP contribution is -2.08. The maximum Gasteiger partial charge on any atom is 0.124 e. The Hall–Kier alpha value is -1.67. The van der Waals surface area contributed by atoms with Crippen LogP contribution in [0.2, 0.25) is 0 Å². The molecule has 0 bridgehead atoms. The average molecular weight is 242 g/mol. The van der Waals surface area contributed by atoms with Gasteiger partial charge in [-0.2, -0.15) is 0 Å². The second-order valence-electron chi connectivity index (χ2n) is 4.66. The highest BCUT2D eigenvalue weighted by Crippen LogP contribution is 2.58. The molecule has 1 saturated heterocycles. The molecule has 92 valence electrons. The van der Waals surface area contributed by atoms with Gasteiger partial charge in [0.1, 0.15) is 17.5 Å². The van der Waals surface area contributed by atoms with Gasteiger partial charge in [0.15, 0.2) is 0 Å². The topological polar surface area (TPSA) is 12.5 Å². The van der Waals surface area contributed by atoms with E-state index in [1.165, 1.54) is 17.7 Å². The molecule has 0 aromatic heterocycles. The highest BCUT2D eigenvalue weighted by Gasteiger charge is 2.56. The van der Waals surface area contributed by atoms with Crippen molar-refractivity contribution in [2.45, 2.75) is 25.0 Å². The molecular formula is C16H15FO. The van der Waals surface area contributed by atoms with Crippen molar-refractivity contribution in [3.05, 3.63) is 71.5 Å². The smallest absolute Gasteiger partial charge is 0.124 e. The van der Waals surface area contributed by atoms with Crippen molar-refractivity contribution in [3.63, 3.8) is 0 Å². The fourth-order valence-electron chi connectivity index (χ4n) is 2.56. The predicted octanol–water partition coefficient (Wildman–Crippen LogP) is 4.20. The summed E-state index contributed by atoms with van der Waals surface area (Å²) in [6.07, 6.45) is 0.962. The third kappa shape index (κ3) is 1.73. The number of epoxide rings is 1. The normalized spacial score (nSPS) is 26.0. The van der Waals surface area contributed by atoms with Crippen LogP contribution in [0.4, 0.5) is 4.39 Å². The lowest BCUT2D eigenvalue weighted by Gasteiger charge is -2.10. The van der Waals surface area contributed by atoms with Crippen molar-refractivity contribution < 1.29 is 9.13 Å². The minimum Gasteiger partial charge on any atom is -0.356 e. The summed E-state index contributed by atoms with van der Waals surface area (Å²) in [4.78, 5) is 0. The highest BCUT2D eigenvalue weighted by atomic mass is 19.1. The third-order valence-electron chi connectivity index (χ3n) is 3.65. The van der Waals surface area contributed by atoms with E-state index in [2.05, 4.69) is 19.1 Å². The summed E-state index contributed by atoms with van der Waals surface area (Å²) in [5.41, 5.74) is 2.02. The fourth-order valence-corrected chi connectivity index (χ4v) is 2.56. The van der Waals surface area contributed by atoms with Crippen LogP contribution in [-0.4, -0.2) is 0 Å². The molecule has 1 aliphatic heterocycles. The van der Waals surface area contributed by atoms with E-state index in [1.54, 1.807) is 12.1 Å². The van der Waals surface area contributed by atoms with Gasteiger partial charge in [-0.1, -0.05) is 49.4 Å². The van der Waals surface area contributed by atoms with Gasteiger partial charge >= 0.3 is 0 Å². The van der Waals surface area contributed by atoms with Crippen LogP contribution in [0.25, 0.3) is 0 Å². The Kier molecular flexibility index (Phi) is 2.67. The summed E-state index contributed by atoms with van der Waals surface area (Å²) in [7, 11) is 0. The SMILES string of the molecule is CCC1(c2ccccc2)OC1c1ccc(F)cc1. The quantitative estimate of drug-likeness (QED) is 0.735. The number of ether oxygens (including phenoxy) is 1. The van der Waals surface area contributed by atoms with Crippen LogP contribution >= 0.6 is 0 Å². The molecule has 3 rings (SSSR count). The summed E-state index contributed by atoms with van der Waals surface area (Å²) < 4.78 is 18.9. The molecule has 0 N–H and O–H groups in total. The second kappa shape index (κ2) is 4.21. The number of hydrogen-bond donors (Lipinski definition) is 0. The van der Waals surface area contributed by atoms with E-state index >= 15 is 0 Å². The summed E-state index contributed by atoms with van der Waals surface area (Å²) >= 11 is 0. The van der Waals surface area contributed by atoms with Gasteiger partial charge in [-0.3, -0.25) is 0 Å². The van der Waals surface area contributed by atoms with E-state index < -0.39 is 0 Å². The third-order valence-corrected chi connectivity index (χ3v) is 3.65. The summed E-state index contributed by atoms with van der Waals surface area (Å²) in [5, 5.41) is 0. The molecule has 2 aromatic carbocycles. The molecule has 0 amide bonds. The average Bonchev–Trinajstić information content (AvgIpc) is 3.17. The van der Waals surface area contributed by atoms with Crippen molar-refractivity contribution in [1.82, 2.24) is 0 Å². The molecular weight excluding hydrogens is 227 g/mol. The van der Waals surface area contributed by atoms with E-state index in [4.69, 9.17) is 4.74 Å². The molecule has 0 aliphatic carbocycles. The Morgan fingerprint density at radius 2 is 1.72 bits per heavy atom. The standard InChI is InChI=1S/C16H15FO/c1-2-16(13-6-4-3-5-7-13)15(18-16)12-8-10-14(17)11-9-12/h3-11,15H,2H2,1H3. The van der Waals surface area contributed by atoms with Gasteiger partial charge in [0.2, 0.25) is 0 Å². The Morgan fingerprint density at radius 1 is 1.06 bits per heavy atom. The zero-order chi connectivity index (χ0) is 12.6. The van der Waals surface area contributed by atoms with E-state index in [9.17, 15) is 4.39 Å². The van der Waals surface area contributed by atoms with Gasteiger partial charge in [0.05, 0.1) is 0 Å². The van der Waals surface area contributed by atoms with Gasteiger partial charge in [0.25, 0.3) is 0 Å². The van der Waals surface area contributed by atoms with Crippen LogP contribution in [0.3, 0.4) is 0 Å². The molecule has 2 unspecified atom stereocenters. The number of halogens is 1. The van der Waals surface area contributed by atoms with E-state index in [1.807, 2.05) is 18.2 Å². The predicted molar refractivity (Wildman–Crippen MR) is 68.6 cm³/mol. The largest absolute Gasteiger partial charge is 0.356 e. The van der Waals surface area contributed by atoms with E-state index in [0.717, 1.165) is 12.0 Å². The van der Waals surface area contributed by atoms with Crippen molar-refractivity contribution in [3.8, 4) is 0 Å². The van der Waals surface area contributed by atoms with Gasteiger partial charge in [-0.15, -0.1) is 0 Å². The van der Waals surface area contributed by atoms with Crippen molar-refractivity contribution in [1.29, 1.82) is 0 Å². The first-order valence-corrected chi connectivity index (χ1v) is 6.25. The molecule has 18 heavy (non-hydrogen) atoms. The summed E-state index contributed by atoms with van der Waals surface area (Å²) in [6.45, 7) is 2.12. The van der Waals surface area contributed by atoms with Crippen molar-refractivity contribution >= 4 is 0 Å². The molecule has 1 heterocycles. The molecule has 2 heteroatoms. The number of benzene rings is 2. The first kappa shape index (κ1) is 11.4. The molecule has 2 atom stereocenters. The number of rotatable bonds is 3. The number of hydrogen-bond acceptors (Lipinski definition) is 1. The maximum absolute atomic E-state index is 12.9. The molecule has 0 spiro atoms. The van der Waals surface area contributed by atoms with Gasteiger partial charge < -0.3 is 4.74 Å². The van der Waals surface area contributed by atoms with Crippen LogP contribution < -0.4 is 0 Å². The van der Waals surface area contributed by atoms with Crippen LogP contribution in [0, 0.1) is 5.82 Å². The van der Waals surface area contributed by atoms with E-state index in [0.29, 0.717) is 0 Å². The molecule has 0 radical (unpaired) electrons. The molecule has 1 aliphatic rings. The maximum atomic E-state index is 12.9. The minimum atomic E-state index is -0.223. The van der Waals surface area contributed by atoms with Crippen LogP contribution in [0.1, 0.15) is 30.6 Å². The highest BCUT2D eigenvalue weighted by molar-refractivity contribution is 5.35. The molecule has 2 aromatic rings. The first-order valence-electron chi connectivity index (χ1n) is 6.25. The van der Waals surface area contributed by atoms with Crippen molar-refractivity contribution in [2.75, 3.05) is 0 Å². The van der Waals surface area contributed by atoms with Gasteiger partial charge in [0, 0.05) is 0 Å². The lowest BCUT2D eigenvalue weighted by atomic mass is 9.90. The van der Waals surface area contributed by atoms with Gasteiger partial charge in [-0.05, 0) is 29.7 Å². The Labute approximate surface area is 106 Å². The Morgan fingerprint density at radius 3 is 2.33 bits per heavy atom. The summed E-state index contributed by atoms with van der Waals surface area (Å²) in [6, 6.07) is 16.8. The second-order valence-corrected chi connectivity index (χ2v) is 4.66. The monoisotopic (exact) mass is 242 g/mol. The van der Waals surface area contributed by atoms with Crippen LogP contribution in [-0.2, 0) is 10.3 Å². The molecule has 0 saturated carbocycles. The van der Waals surface area contributed by atoms with E-state index in [-0.39, 0.29) is 17.5 Å². The van der Waals surface area contributed by atoms with Crippen molar-refractivity contribution in [2.24, 2.45) is 0 Å². The zero-order valence-corrected chi connectivity index (χ0v) is 10.3.